The molecule has 1 aromatic rings. The molecule has 1 rings (SSSR count). The number of nitrogens with one attached hydrogen (secondary N) is 1. The van der Waals surface area contributed by atoms with Gasteiger partial charge in [-0.05, 0) is 26.0 Å². The molecule has 0 amide bonds. The summed E-state index contributed by atoms with van der Waals surface area (Å²) in [6.45, 7) is 4.09. The Labute approximate surface area is 115 Å². The van der Waals surface area contributed by atoms with Crippen LogP contribution in [0.4, 0.5) is 13.2 Å². The summed E-state index contributed by atoms with van der Waals surface area (Å²) in [6.07, 6.45) is -3.74. The maximum atomic E-state index is 12.7. The maximum Gasteiger partial charge on any atom is 0.431 e. The standard InChI is InChI=1S/C13H19F3N2O2/c1-2-20-10-4-7-17-8-9-18-11(13(14,15)16)5-3-6-12(18)19/h3,5-6,17H,2,4,7-10H2,1H3. The number of hydrogen-bond donors (Lipinski definition) is 1. The topological polar surface area (TPSA) is 43.3 Å². The molecule has 7 heteroatoms. The second-order valence-corrected chi connectivity index (χ2v) is 4.20. The van der Waals surface area contributed by atoms with Gasteiger partial charge in [0.15, 0.2) is 0 Å². The van der Waals surface area contributed by atoms with Crippen LogP contribution in [0, 0.1) is 0 Å². The molecular weight excluding hydrogens is 273 g/mol. The Kier molecular flexibility index (Phi) is 6.74. The van der Waals surface area contributed by atoms with Crippen molar-refractivity contribution in [3.05, 3.63) is 34.2 Å². The lowest BCUT2D eigenvalue weighted by Gasteiger charge is -2.15. The SMILES string of the molecule is CCOCCCNCCn1c(C(F)(F)F)cccc1=O. The molecule has 1 aromatic heterocycles. The van der Waals surface area contributed by atoms with Crippen LogP contribution in [0.25, 0.3) is 0 Å². The van der Waals surface area contributed by atoms with Crippen LogP contribution in [-0.2, 0) is 17.5 Å². The van der Waals surface area contributed by atoms with Crippen LogP contribution in [0.15, 0.2) is 23.0 Å². The van der Waals surface area contributed by atoms with Crippen molar-refractivity contribution in [3.63, 3.8) is 0 Å². The van der Waals surface area contributed by atoms with Crippen LogP contribution < -0.4 is 10.9 Å². The number of ether oxygens (including phenoxy) is 1. The number of alkyl halides is 3. The summed E-state index contributed by atoms with van der Waals surface area (Å²) in [5.41, 5.74) is -1.56. The highest BCUT2D eigenvalue weighted by atomic mass is 19.4. The highest BCUT2D eigenvalue weighted by Gasteiger charge is 2.33. The van der Waals surface area contributed by atoms with Gasteiger partial charge in [-0.3, -0.25) is 4.79 Å². The van der Waals surface area contributed by atoms with Gasteiger partial charge in [0.05, 0.1) is 0 Å². The summed E-state index contributed by atoms with van der Waals surface area (Å²) in [4.78, 5) is 11.5. The second-order valence-electron chi connectivity index (χ2n) is 4.20. The first kappa shape index (κ1) is 16.7. The first-order chi connectivity index (χ1) is 9.46. The van der Waals surface area contributed by atoms with E-state index in [1.165, 1.54) is 0 Å². The highest BCUT2D eigenvalue weighted by molar-refractivity contribution is 5.10. The third kappa shape index (κ3) is 5.34. The molecule has 0 saturated carbocycles. The molecule has 0 aliphatic rings. The van der Waals surface area contributed by atoms with Crippen molar-refractivity contribution in [2.75, 3.05) is 26.3 Å². The van der Waals surface area contributed by atoms with E-state index in [-0.39, 0.29) is 6.54 Å². The van der Waals surface area contributed by atoms with Crippen molar-refractivity contribution in [2.45, 2.75) is 26.1 Å². The van der Waals surface area contributed by atoms with E-state index in [0.29, 0.717) is 26.3 Å². The zero-order valence-corrected chi connectivity index (χ0v) is 11.4. The Morgan fingerprint density at radius 3 is 2.70 bits per heavy atom. The molecular formula is C13H19F3N2O2. The lowest BCUT2D eigenvalue weighted by molar-refractivity contribution is -0.144. The molecule has 0 aromatic carbocycles. The molecule has 0 bridgehead atoms. The summed E-state index contributed by atoms with van der Waals surface area (Å²) in [5.74, 6) is 0. The average molecular weight is 292 g/mol. The third-order valence-corrected chi connectivity index (χ3v) is 2.70. The van der Waals surface area contributed by atoms with Gasteiger partial charge < -0.3 is 14.6 Å². The minimum atomic E-state index is -4.52. The molecule has 0 radical (unpaired) electrons. The van der Waals surface area contributed by atoms with Gasteiger partial charge in [-0.1, -0.05) is 6.07 Å². The lowest BCUT2D eigenvalue weighted by atomic mass is 10.3. The Morgan fingerprint density at radius 1 is 1.30 bits per heavy atom. The fraction of sp³-hybridized carbons (Fsp3) is 0.615. The molecule has 114 valence electrons. The van der Waals surface area contributed by atoms with Crippen molar-refractivity contribution < 1.29 is 17.9 Å². The minimum absolute atomic E-state index is 0.0108. The summed E-state index contributed by atoms with van der Waals surface area (Å²) in [5, 5.41) is 2.99. The first-order valence-electron chi connectivity index (χ1n) is 6.52. The zero-order chi connectivity index (χ0) is 15.0. The first-order valence-corrected chi connectivity index (χ1v) is 6.52. The van der Waals surface area contributed by atoms with Gasteiger partial charge in [0.25, 0.3) is 5.56 Å². The van der Waals surface area contributed by atoms with Crippen molar-refractivity contribution >= 4 is 0 Å². The Hall–Kier alpha value is -1.34. The average Bonchev–Trinajstić information content (AvgIpc) is 2.38. The molecule has 0 fully saturated rings. The van der Waals surface area contributed by atoms with E-state index in [2.05, 4.69) is 5.32 Å². The van der Waals surface area contributed by atoms with Gasteiger partial charge in [0.2, 0.25) is 0 Å². The van der Waals surface area contributed by atoms with Gasteiger partial charge in [-0.2, -0.15) is 13.2 Å². The zero-order valence-electron chi connectivity index (χ0n) is 11.4. The van der Waals surface area contributed by atoms with E-state index in [0.717, 1.165) is 29.2 Å². The summed E-state index contributed by atoms with van der Waals surface area (Å²) >= 11 is 0. The van der Waals surface area contributed by atoms with Crippen LogP contribution in [-0.4, -0.2) is 30.9 Å². The number of rotatable bonds is 8. The fourth-order valence-electron chi connectivity index (χ4n) is 1.76. The molecule has 0 atom stereocenters. The Balaban J connectivity index is 2.50. The number of halogens is 3. The molecule has 1 heterocycles. The summed E-state index contributed by atoms with van der Waals surface area (Å²) < 4.78 is 44.1. The molecule has 1 N–H and O–H groups in total. The maximum absolute atomic E-state index is 12.7. The number of hydrogen-bond acceptors (Lipinski definition) is 3. The van der Waals surface area contributed by atoms with Crippen LogP contribution in [0.5, 0.6) is 0 Å². The van der Waals surface area contributed by atoms with Crippen LogP contribution in [0.2, 0.25) is 0 Å². The van der Waals surface area contributed by atoms with Crippen LogP contribution >= 0.6 is 0 Å². The van der Waals surface area contributed by atoms with Gasteiger partial charge >= 0.3 is 6.18 Å². The largest absolute Gasteiger partial charge is 0.431 e. The second kappa shape index (κ2) is 8.06. The highest BCUT2D eigenvalue weighted by Crippen LogP contribution is 2.27. The Morgan fingerprint density at radius 2 is 2.05 bits per heavy atom. The van der Waals surface area contributed by atoms with E-state index in [1.54, 1.807) is 0 Å². The molecule has 0 saturated heterocycles. The van der Waals surface area contributed by atoms with Gasteiger partial charge in [0, 0.05) is 32.4 Å². The van der Waals surface area contributed by atoms with Gasteiger partial charge in [-0.15, -0.1) is 0 Å². The molecule has 20 heavy (non-hydrogen) atoms. The van der Waals surface area contributed by atoms with Crippen molar-refractivity contribution in [3.8, 4) is 0 Å². The minimum Gasteiger partial charge on any atom is -0.382 e. The van der Waals surface area contributed by atoms with Crippen LogP contribution in [0.1, 0.15) is 19.0 Å². The predicted molar refractivity (Wildman–Crippen MR) is 69.7 cm³/mol. The lowest BCUT2D eigenvalue weighted by Crippen LogP contribution is -2.32. The van der Waals surface area contributed by atoms with E-state index in [4.69, 9.17) is 4.74 Å². The van der Waals surface area contributed by atoms with E-state index in [1.807, 2.05) is 6.92 Å². The smallest absolute Gasteiger partial charge is 0.382 e. The summed E-state index contributed by atoms with van der Waals surface area (Å²) in [6, 6.07) is 3.16. The molecule has 0 aliphatic heterocycles. The monoisotopic (exact) mass is 292 g/mol. The molecule has 0 unspecified atom stereocenters. The van der Waals surface area contributed by atoms with Crippen LogP contribution in [0.3, 0.4) is 0 Å². The van der Waals surface area contributed by atoms with E-state index in [9.17, 15) is 18.0 Å². The fourth-order valence-corrected chi connectivity index (χ4v) is 1.76. The van der Waals surface area contributed by atoms with E-state index >= 15 is 0 Å². The van der Waals surface area contributed by atoms with Gasteiger partial charge in [0.1, 0.15) is 5.69 Å². The van der Waals surface area contributed by atoms with Crippen molar-refractivity contribution in [1.29, 1.82) is 0 Å². The molecule has 4 nitrogen and oxygen atoms in total. The third-order valence-electron chi connectivity index (χ3n) is 2.70. The Bertz CT molecular complexity index is 458. The normalized spacial score (nSPS) is 11.8. The number of nitrogens with zero attached hydrogens (tertiary/aromatic N) is 1. The quantitative estimate of drug-likeness (QED) is 0.744. The number of aromatic nitrogens is 1. The number of pyridine rings is 1. The molecule has 0 spiro atoms. The van der Waals surface area contributed by atoms with Crippen molar-refractivity contribution in [1.82, 2.24) is 9.88 Å². The predicted octanol–water partition coefficient (Wildman–Crippen LogP) is 1.88. The van der Waals surface area contributed by atoms with E-state index < -0.39 is 17.4 Å². The van der Waals surface area contributed by atoms with Crippen molar-refractivity contribution in [2.24, 2.45) is 0 Å². The van der Waals surface area contributed by atoms with Gasteiger partial charge in [-0.25, -0.2) is 0 Å². The summed E-state index contributed by atoms with van der Waals surface area (Å²) in [7, 11) is 0. The molecule has 0 aliphatic carbocycles.